The first-order valence-electron chi connectivity index (χ1n) is 6.65. The molecule has 0 aliphatic carbocycles. The summed E-state index contributed by atoms with van der Waals surface area (Å²) in [6, 6.07) is 7.83. The Morgan fingerprint density at radius 2 is 2.00 bits per heavy atom. The summed E-state index contributed by atoms with van der Waals surface area (Å²) >= 11 is 1.75. The number of anilines is 1. The Balaban J connectivity index is 2.28. The molecule has 0 atom stereocenters. The lowest BCUT2D eigenvalue weighted by Gasteiger charge is -2.04. The highest BCUT2D eigenvalue weighted by Gasteiger charge is 2.11. The molecule has 1 heterocycles. The summed E-state index contributed by atoms with van der Waals surface area (Å²) < 4.78 is 0. The fraction of sp³-hybridized carbons (Fsp3) is 0.333. The van der Waals surface area contributed by atoms with Gasteiger partial charge >= 0.3 is 0 Å². The summed E-state index contributed by atoms with van der Waals surface area (Å²) in [6.07, 6.45) is 0.976. The molecule has 20 heavy (non-hydrogen) atoms. The highest BCUT2D eigenvalue weighted by Crippen LogP contribution is 2.29. The van der Waals surface area contributed by atoms with Gasteiger partial charge in [0.15, 0.2) is 0 Å². The fourth-order valence-corrected chi connectivity index (χ4v) is 3.05. The molecule has 4 nitrogen and oxygen atoms in total. The molecule has 5 heteroatoms. The second kappa shape index (κ2) is 6.63. The van der Waals surface area contributed by atoms with Crippen molar-refractivity contribution >= 4 is 22.9 Å². The standard InChI is InChI=1S/C15H19N3OS/c1-4-13-15(18-14(20-13)9-16-3)11-5-7-12(8-6-11)17-10(2)19/h5-8,16H,4,9H2,1-3H3,(H,17,19). The number of hydrogen-bond acceptors (Lipinski definition) is 4. The lowest BCUT2D eigenvalue weighted by molar-refractivity contribution is -0.114. The number of carbonyl (C=O) groups is 1. The number of aromatic nitrogens is 1. The molecular weight excluding hydrogens is 270 g/mol. The van der Waals surface area contributed by atoms with E-state index >= 15 is 0 Å². The fourth-order valence-electron chi connectivity index (χ4n) is 2.01. The van der Waals surface area contributed by atoms with Gasteiger partial charge in [0.25, 0.3) is 0 Å². The van der Waals surface area contributed by atoms with Crippen LogP contribution in [0.3, 0.4) is 0 Å². The summed E-state index contributed by atoms with van der Waals surface area (Å²) in [5.74, 6) is -0.0584. The van der Waals surface area contributed by atoms with E-state index in [-0.39, 0.29) is 5.91 Å². The van der Waals surface area contributed by atoms with E-state index in [1.165, 1.54) is 11.8 Å². The van der Waals surface area contributed by atoms with E-state index in [2.05, 4.69) is 17.6 Å². The maximum atomic E-state index is 11.0. The van der Waals surface area contributed by atoms with Crippen molar-refractivity contribution in [3.63, 3.8) is 0 Å². The Morgan fingerprint density at radius 1 is 1.30 bits per heavy atom. The third kappa shape index (κ3) is 3.43. The minimum Gasteiger partial charge on any atom is -0.326 e. The van der Waals surface area contributed by atoms with Gasteiger partial charge in [-0.2, -0.15) is 0 Å². The van der Waals surface area contributed by atoms with Gasteiger partial charge in [-0.1, -0.05) is 19.1 Å². The molecule has 1 amide bonds. The predicted octanol–water partition coefficient (Wildman–Crippen LogP) is 3.05. The van der Waals surface area contributed by atoms with Gasteiger partial charge < -0.3 is 10.6 Å². The van der Waals surface area contributed by atoms with Crippen molar-refractivity contribution in [1.29, 1.82) is 0 Å². The average Bonchev–Trinajstić information content (AvgIpc) is 2.82. The quantitative estimate of drug-likeness (QED) is 0.889. The number of aryl methyl sites for hydroxylation is 1. The van der Waals surface area contributed by atoms with Gasteiger partial charge in [0.1, 0.15) is 5.01 Å². The van der Waals surface area contributed by atoms with Crippen LogP contribution in [0.2, 0.25) is 0 Å². The van der Waals surface area contributed by atoms with Crippen LogP contribution in [0.5, 0.6) is 0 Å². The number of benzene rings is 1. The Morgan fingerprint density at radius 3 is 2.55 bits per heavy atom. The van der Waals surface area contributed by atoms with Crippen LogP contribution < -0.4 is 10.6 Å². The second-order valence-electron chi connectivity index (χ2n) is 4.52. The monoisotopic (exact) mass is 289 g/mol. The molecule has 2 aromatic rings. The van der Waals surface area contributed by atoms with Crippen LogP contribution in [0.15, 0.2) is 24.3 Å². The van der Waals surface area contributed by atoms with Crippen LogP contribution in [-0.4, -0.2) is 17.9 Å². The molecule has 0 radical (unpaired) electrons. The average molecular weight is 289 g/mol. The molecule has 0 aliphatic rings. The number of thiazole rings is 1. The zero-order valence-corrected chi connectivity index (χ0v) is 12.8. The Bertz CT molecular complexity index is 590. The molecule has 0 saturated heterocycles. The van der Waals surface area contributed by atoms with Crippen LogP contribution >= 0.6 is 11.3 Å². The van der Waals surface area contributed by atoms with E-state index in [4.69, 9.17) is 4.98 Å². The van der Waals surface area contributed by atoms with E-state index in [9.17, 15) is 4.79 Å². The van der Waals surface area contributed by atoms with Crippen LogP contribution in [-0.2, 0) is 17.8 Å². The van der Waals surface area contributed by atoms with Gasteiger partial charge in [-0.25, -0.2) is 4.98 Å². The van der Waals surface area contributed by atoms with Gasteiger partial charge in [-0.3, -0.25) is 4.79 Å². The molecule has 0 unspecified atom stereocenters. The Kier molecular flexibility index (Phi) is 4.87. The van der Waals surface area contributed by atoms with E-state index in [0.717, 1.165) is 34.9 Å². The summed E-state index contributed by atoms with van der Waals surface area (Å²) in [5, 5.41) is 7.00. The highest BCUT2D eigenvalue weighted by molar-refractivity contribution is 7.12. The van der Waals surface area contributed by atoms with E-state index < -0.39 is 0 Å². The summed E-state index contributed by atoms with van der Waals surface area (Å²) in [4.78, 5) is 17.0. The highest BCUT2D eigenvalue weighted by atomic mass is 32.1. The molecule has 2 N–H and O–H groups in total. The summed E-state index contributed by atoms with van der Waals surface area (Å²) in [6.45, 7) is 4.45. The van der Waals surface area contributed by atoms with Crippen molar-refractivity contribution in [2.45, 2.75) is 26.8 Å². The van der Waals surface area contributed by atoms with Gasteiger partial charge in [0.05, 0.1) is 5.69 Å². The molecule has 0 bridgehead atoms. The van der Waals surface area contributed by atoms with Crippen molar-refractivity contribution in [1.82, 2.24) is 10.3 Å². The van der Waals surface area contributed by atoms with Crippen molar-refractivity contribution in [2.75, 3.05) is 12.4 Å². The Labute approximate surface area is 123 Å². The molecule has 1 aromatic heterocycles. The lowest BCUT2D eigenvalue weighted by Crippen LogP contribution is -2.05. The third-order valence-corrected chi connectivity index (χ3v) is 4.07. The Hall–Kier alpha value is -1.72. The van der Waals surface area contributed by atoms with Crippen LogP contribution in [0.1, 0.15) is 23.7 Å². The van der Waals surface area contributed by atoms with Crippen LogP contribution in [0.25, 0.3) is 11.3 Å². The van der Waals surface area contributed by atoms with Crippen LogP contribution in [0.4, 0.5) is 5.69 Å². The predicted molar refractivity (Wildman–Crippen MR) is 84.0 cm³/mol. The zero-order chi connectivity index (χ0) is 14.5. The maximum absolute atomic E-state index is 11.0. The lowest BCUT2D eigenvalue weighted by atomic mass is 10.1. The topological polar surface area (TPSA) is 54.0 Å². The molecular formula is C15H19N3OS. The molecule has 0 fully saturated rings. The minimum absolute atomic E-state index is 0.0584. The first kappa shape index (κ1) is 14.7. The molecule has 0 saturated carbocycles. The molecule has 2 rings (SSSR count). The van der Waals surface area contributed by atoms with Crippen molar-refractivity contribution in [3.8, 4) is 11.3 Å². The first-order chi connectivity index (χ1) is 9.63. The summed E-state index contributed by atoms with van der Waals surface area (Å²) in [5.41, 5.74) is 2.96. The van der Waals surface area contributed by atoms with Gasteiger partial charge in [0, 0.05) is 29.6 Å². The number of rotatable bonds is 5. The van der Waals surface area contributed by atoms with Crippen molar-refractivity contribution < 1.29 is 4.79 Å². The smallest absolute Gasteiger partial charge is 0.221 e. The van der Waals surface area contributed by atoms with Gasteiger partial charge in [-0.15, -0.1) is 11.3 Å². The summed E-state index contributed by atoms with van der Waals surface area (Å²) in [7, 11) is 1.93. The number of hydrogen-bond donors (Lipinski definition) is 2. The number of nitrogens with zero attached hydrogens (tertiary/aromatic N) is 1. The van der Waals surface area contributed by atoms with Crippen molar-refractivity contribution in [3.05, 3.63) is 34.2 Å². The van der Waals surface area contributed by atoms with E-state index in [0.29, 0.717) is 0 Å². The molecule has 106 valence electrons. The second-order valence-corrected chi connectivity index (χ2v) is 5.69. The number of nitrogens with one attached hydrogen (secondary N) is 2. The maximum Gasteiger partial charge on any atom is 0.221 e. The first-order valence-corrected chi connectivity index (χ1v) is 7.47. The minimum atomic E-state index is -0.0584. The van der Waals surface area contributed by atoms with Gasteiger partial charge in [0.2, 0.25) is 5.91 Å². The largest absolute Gasteiger partial charge is 0.326 e. The number of amides is 1. The van der Waals surface area contributed by atoms with E-state index in [1.54, 1.807) is 11.3 Å². The molecule has 1 aromatic carbocycles. The molecule has 0 aliphatic heterocycles. The van der Waals surface area contributed by atoms with Crippen LogP contribution in [0, 0.1) is 0 Å². The number of carbonyl (C=O) groups excluding carboxylic acids is 1. The van der Waals surface area contributed by atoms with Crippen molar-refractivity contribution in [2.24, 2.45) is 0 Å². The third-order valence-electron chi connectivity index (χ3n) is 2.87. The van der Waals surface area contributed by atoms with E-state index in [1.807, 2.05) is 31.3 Å². The zero-order valence-electron chi connectivity index (χ0n) is 12.0. The molecule has 0 spiro atoms. The SMILES string of the molecule is CCc1sc(CNC)nc1-c1ccc(NC(C)=O)cc1. The normalized spacial score (nSPS) is 10.6. The van der Waals surface area contributed by atoms with Gasteiger partial charge in [-0.05, 0) is 25.6 Å².